The van der Waals surface area contributed by atoms with Gasteiger partial charge in [0.05, 0.1) is 26.9 Å². The second-order valence-corrected chi connectivity index (χ2v) is 9.35. The molecule has 0 amide bonds. The Morgan fingerprint density at radius 2 is 1.63 bits per heavy atom. The number of hydrogen-bond donors (Lipinski definition) is 0. The smallest absolute Gasteiger partial charge is 0.173 e. The zero-order valence-electron chi connectivity index (χ0n) is 21.6. The van der Waals surface area contributed by atoms with E-state index in [0.717, 1.165) is 66.9 Å². The molecular weight excluding hydrogens is 444 g/mol. The van der Waals surface area contributed by atoms with Gasteiger partial charge in [-0.1, -0.05) is 13.0 Å². The number of piperazine rings is 1. The van der Waals surface area contributed by atoms with Gasteiger partial charge in [0.2, 0.25) is 0 Å². The van der Waals surface area contributed by atoms with Crippen molar-refractivity contribution in [1.29, 1.82) is 0 Å². The fourth-order valence-electron chi connectivity index (χ4n) is 4.54. The normalized spacial score (nSPS) is 15.7. The fourth-order valence-corrected chi connectivity index (χ4v) is 4.54. The molecule has 0 unspecified atom stereocenters. The van der Waals surface area contributed by atoms with Gasteiger partial charge in [0.25, 0.3) is 0 Å². The third kappa shape index (κ3) is 5.05. The summed E-state index contributed by atoms with van der Waals surface area (Å²) in [7, 11) is 5.07. The number of tetrazole rings is 1. The number of rotatable bonds is 9. The molecule has 1 saturated heterocycles. The van der Waals surface area contributed by atoms with Crippen molar-refractivity contribution in [1.82, 2.24) is 25.1 Å². The van der Waals surface area contributed by atoms with E-state index in [0.29, 0.717) is 0 Å². The SMILES string of the molecule is CCC(C)(C)n1nnnc1[C@@H](c1cc(OC)ccc1OC)N1CCN(c2cccc(OC)c2)CC1. The minimum Gasteiger partial charge on any atom is -0.497 e. The van der Waals surface area contributed by atoms with Crippen LogP contribution in [0.1, 0.15) is 44.6 Å². The number of hydrogen-bond acceptors (Lipinski definition) is 8. The first kappa shape index (κ1) is 24.8. The van der Waals surface area contributed by atoms with Crippen LogP contribution in [0.3, 0.4) is 0 Å². The molecule has 9 heteroatoms. The number of aromatic nitrogens is 4. The van der Waals surface area contributed by atoms with E-state index in [1.165, 1.54) is 0 Å². The highest BCUT2D eigenvalue weighted by Crippen LogP contribution is 2.38. The molecule has 2 heterocycles. The van der Waals surface area contributed by atoms with Gasteiger partial charge in [-0.25, -0.2) is 4.68 Å². The highest BCUT2D eigenvalue weighted by molar-refractivity contribution is 5.51. The van der Waals surface area contributed by atoms with Crippen molar-refractivity contribution in [3.05, 3.63) is 53.9 Å². The molecule has 1 atom stereocenters. The Morgan fingerprint density at radius 3 is 2.29 bits per heavy atom. The van der Waals surface area contributed by atoms with Crippen molar-refractivity contribution in [3.8, 4) is 17.2 Å². The Hall–Kier alpha value is -3.33. The molecule has 1 fully saturated rings. The molecule has 4 rings (SSSR count). The van der Waals surface area contributed by atoms with E-state index in [9.17, 15) is 0 Å². The van der Waals surface area contributed by atoms with Crippen LogP contribution in [0, 0.1) is 0 Å². The van der Waals surface area contributed by atoms with Gasteiger partial charge in [0.1, 0.15) is 23.3 Å². The van der Waals surface area contributed by atoms with E-state index in [2.05, 4.69) is 58.2 Å². The van der Waals surface area contributed by atoms with Crippen molar-refractivity contribution in [2.75, 3.05) is 52.4 Å². The van der Waals surface area contributed by atoms with Crippen LogP contribution in [0.5, 0.6) is 17.2 Å². The lowest BCUT2D eigenvalue weighted by Gasteiger charge is -2.41. The van der Waals surface area contributed by atoms with Crippen LogP contribution in [0.4, 0.5) is 5.69 Å². The fraction of sp³-hybridized carbons (Fsp3) is 0.500. The van der Waals surface area contributed by atoms with E-state index in [-0.39, 0.29) is 11.6 Å². The second-order valence-electron chi connectivity index (χ2n) is 9.35. The molecule has 3 aromatic rings. The maximum atomic E-state index is 5.80. The summed E-state index contributed by atoms with van der Waals surface area (Å²) in [5.41, 5.74) is 1.92. The third-order valence-electron chi connectivity index (χ3n) is 7.01. The monoisotopic (exact) mass is 480 g/mol. The highest BCUT2D eigenvalue weighted by Gasteiger charge is 2.36. The minimum atomic E-state index is -0.231. The molecule has 1 aliphatic heterocycles. The number of anilines is 1. The molecule has 0 radical (unpaired) electrons. The molecule has 1 aliphatic rings. The van der Waals surface area contributed by atoms with Gasteiger partial charge in [0.15, 0.2) is 5.82 Å². The van der Waals surface area contributed by atoms with Crippen molar-refractivity contribution in [3.63, 3.8) is 0 Å². The Labute approximate surface area is 207 Å². The molecule has 0 bridgehead atoms. The van der Waals surface area contributed by atoms with Gasteiger partial charge in [-0.3, -0.25) is 4.90 Å². The van der Waals surface area contributed by atoms with Crippen LogP contribution in [0.25, 0.3) is 0 Å². The lowest BCUT2D eigenvalue weighted by atomic mass is 9.98. The largest absolute Gasteiger partial charge is 0.497 e. The summed E-state index contributed by atoms with van der Waals surface area (Å²) < 4.78 is 18.8. The molecule has 0 spiro atoms. The van der Waals surface area contributed by atoms with Crippen LogP contribution in [-0.4, -0.2) is 72.6 Å². The van der Waals surface area contributed by atoms with E-state index in [4.69, 9.17) is 14.2 Å². The Bertz CT molecular complexity index is 1120. The molecule has 2 aromatic carbocycles. The molecule has 1 aromatic heterocycles. The Kier molecular flexibility index (Phi) is 7.45. The topological polar surface area (TPSA) is 77.8 Å². The first-order chi connectivity index (χ1) is 16.9. The highest BCUT2D eigenvalue weighted by atomic mass is 16.5. The molecule has 9 nitrogen and oxygen atoms in total. The lowest BCUT2D eigenvalue weighted by Crippen LogP contribution is -2.49. The van der Waals surface area contributed by atoms with Gasteiger partial charge >= 0.3 is 0 Å². The summed E-state index contributed by atoms with van der Waals surface area (Å²) in [5, 5.41) is 13.1. The number of ether oxygens (including phenoxy) is 3. The Balaban J connectivity index is 1.71. The minimum absolute atomic E-state index is 0.187. The van der Waals surface area contributed by atoms with Crippen molar-refractivity contribution in [2.24, 2.45) is 0 Å². The van der Waals surface area contributed by atoms with Crippen LogP contribution in [0.2, 0.25) is 0 Å². The predicted molar refractivity (Wildman–Crippen MR) is 136 cm³/mol. The van der Waals surface area contributed by atoms with Gasteiger partial charge < -0.3 is 19.1 Å². The van der Waals surface area contributed by atoms with Crippen LogP contribution < -0.4 is 19.1 Å². The molecule has 35 heavy (non-hydrogen) atoms. The van der Waals surface area contributed by atoms with Gasteiger partial charge in [-0.15, -0.1) is 5.10 Å². The summed E-state index contributed by atoms with van der Waals surface area (Å²) in [5.74, 6) is 3.23. The van der Waals surface area contributed by atoms with E-state index in [1.807, 2.05) is 35.0 Å². The summed E-state index contributed by atoms with van der Waals surface area (Å²) in [6.07, 6.45) is 0.899. The second kappa shape index (κ2) is 10.5. The van der Waals surface area contributed by atoms with Gasteiger partial charge in [0, 0.05) is 43.5 Å². The van der Waals surface area contributed by atoms with Gasteiger partial charge in [-0.2, -0.15) is 0 Å². The summed E-state index contributed by atoms with van der Waals surface area (Å²) >= 11 is 0. The van der Waals surface area contributed by atoms with E-state index >= 15 is 0 Å². The maximum absolute atomic E-state index is 5.80. The van der Waals surface area contributed by atoms with Gasteiger partial charge in [-0.05, 0) is 61.0 Å². The van der Waals surface area contributed by atoms with E-state index in [1.54, 1.807) is 21.3 Å². The van der Waals surface area contributed by atoms with Crippen molar-refractivity contribution in [2.45, 2.75) is 38.8 Å². The zero-order chi connectivity index (χ0) is 25.0. The standard InChI is InChI=1S/C26H36N6O3/c1-7-26(2,3)32-25(27-28-29-32)24(22-18-21(34-5)11-12-23(22)35-6)31-15-13-30(14-16-31)19-9-8-10-20(17-19)33-4/h8-12,17-18,24H,7,13-16H2,1-6H3/t24-/m1/s1. The molecule has 0 aliphatic carbocycles. The average Bonchev–Trinajstić information content (AvgIpc) is 3.39. The van der Waals surface area contributed by atoms with Crippen LogP contribution in [0.15, 0.2) is 42.5 Å². The first-order valence-corrected chi connectivity index (χ1v) is 12.1. The molecule has 188 valence electrons. The summed E-state index contributed by atoms with van der Waals surface area (Å²) in [4.78, 5) is 4.82. The first-order valence-electron chi connectivity index (χ1n) is 12.1. The molecular formula is C26H36N6O3. The lowest BCUT2D eigenvalue weighted by molar-refractivity contribution is 0.184. The van der Waals surface area contributed by atoms with Crippen LogP contribution >= 0.6 is 0 Å². The third-order valence-corrected chi connectivity index (χ3v) is 7.01. The average molecular weight is 481 g/mol. The van der Waals surface area contributed by atoms with Crippen LogP contribution in [-0.2, 0) is 5.54 Å². The van der Waals surface area contributed by atoms with E-state index < -0.39 is 0 Å². The number of benzene rings is 2. The number of methoxy groups -OCH3 is 3. The van der Waals surface area contributed by atoms with Crippen molar-refractivity contribution < 1.29 is 14.2 Å². The maximum Gasteiger partial charge on any atom is 0.173 e. The molecule has 0 N–H and O–H groups in total. The summed E-state index contributed by atoms with van der Waals surface area (Å²) in [6, 6.07) is 13.9. The summed E-state index contributed by atoms with van der Waals surface area (Å²) in [6.45, 7) is 9.88. The molecule has 0 saturated carbocycles. The predicted octanol–water partition coefficient (Wildman–Crippen LogP) is 3.76. The number of nitrogens with zero attached hydrogens (tertiary/aromatic N) is 6. The zero-order valence-corrected chi connectivity index (χ0v) is 21.6. The Morgan fingerprint density at radius 1 is 0.914 bits per heavy atom. The quantitative estimate of drug-likeness (QED) is 0.458. The van der Waals surface area contributed by atoms with Crippen molar-refractivity contribution >= 4 is 5.69 Å².